The summed E-state index contributed by atoms with van der Waals surface area (Å²) < 4.78 is 7.78. The van der Waals surface area contributed by atoms with Gasteiger partial charge in [-0.2, -0.15) is 5.10 Å². The van der Waals surface area contributed by atoms with Gasteiger partial charge in [0.1, 0.15) is 31.1 Å². The number of β-amino-alcohol motifs (C(OH)–C–C–N with tert-alkyl or cyclic N) is 1. The smallest absolute Gasteiger partial charge is 0.137 e. The van der Waals surface area contributed by atoms with Gasteiger partial charge in [-0.3, -0.25) is 4.68 Å². The Hall–Kier alpha value is -1.92. The van der Waals surface area contributed by atoms with Gasteiger partial charge in [0.05, 0.1) is 0 Å². The van der Waals surface area contributed by atoms with Gasteiger partial charge in [0.25, 0.3) is 0 Å². The molecule has 0 saturated carbocycles. The number of ether oxygens (including phenoxy) is 1. The van der Waals surface area contributed by atoms with Crippen molar-refractivity contribution >= 4 is 0 Å². The van der Waals surface area contributed by atoms with Crippen molar-refractivity contribution in [3.63, 3.8) is 0 Å². The predicted octanol–water partition coefficient (Wildman–Crippen LogP) is 2.05. The molecular formula is C19H28N4O2. The van der Waals surface area contributed by atoms with Crippen LogP contribution in [0.4, 0.5) is 0 Å². The summed E-state index contributed by atoms with van der Waals surface area (Å²) in [7, 11) is 0. The Labute approximate surface area is 149 Å². The van der Waals surface area contributed by atoms with Crippen LogP contribution < -0.4 is 4.74 Å². The molecule has 1 saturated heterocycles. The van der Waals surface area contributed by atoms with Crippen LogP contribution in [0, 0.1) is 19.8 Å². The molecule has 6 nitrogen and oxygen atoms in total. The number of benzene rings is 1. The highest BCUT2D eigenvalue weighted by Gasteiger charge is 2.22. The largest absolute Gasteiger partial charge is 0.490 e. The highest BCUT2D eigenvalue weighted by Crippen LogP contribution is 2.23. The van der Waals surface area contributed by atoms with E-state index in [1.54, 1.807) is 12.7 Å². The van der Waals surface area contributed by atoms with Gasteiger partial charge >= 0.3 is 0 Å². The molecule has 1 fully saturated rings. The maximum Gasteiger partial charge on any atom is 0.137 e. The maximum absolute atomic E-state index is 10.4. The third kappa shape index (κ3) is 5.03. The van der Waals surface area contributed by atoms with Crippen molar-refractivity contribution < 1.29 is 9.84 Å². The summed E-state index contributed by atoms with van der Waals surface area (Å²) in [6.45, 7) is 7.97. The normalized spacial score (nSPS) is 19.7. The number of aryl methyl sites for hydroxylation is 2. The first-order valence-corrected chi connectivity index (χ1v) is 9.03. The zero-order valence-electron chi connectivity index (χ0n) is 15.1. The van der Waals surface area contributed by atoms with Crippen LogP contribution in [0.2, 0.25) is 0 Å². The van der Waals surface area contributed by atoms with Crippen molar-refractivity contribution in [3.05, 3.63) is 42.0 Å². The fourth-order valence-electron chi connectivity index (χ4n) is 3.61. The van der Waals surface area contributed by atoms with Crippen molar-refractivity contribution in [2.75, 3.05) is 26.2 Å². The second-order valence-electron chi connectivity index (χ2n) is 7.07. The second-order valence-corrected chi connectivity index (χ2v) is 7.07. The molecule has 0 bridgehead atoms. The molecule has 1 aliphatic rings. The summed E-state index contributed by atoms with van der Waals surface area (Å²) >= 11 is 0. The lowest BCUT2D eigenvalue weighted by Crippen LogP contribution is -2.42. The standard InChI is InChI=1S/C19H28N4O2/c1-15-5-3-6-16(2)19(15)25-12-18(24)11-22-8-4-7-17(9-22)10-23-14-20-13-21-23/h3,5-6,13-14,17-18,24H,4,7-12H2,1-2H3. The number of hydrogen-bond donors (Lipinski definition) is 1. The highest BCUT2D eigenvalue weighted by molar-refractivity contribution is 5.39. The minimum absolute atomic E-state index is 0.329. The van der Waals surface area contributed by atoms with Crippen LogP contribution in [0.1, 0.15) is 24.0 Å². The molecular weight excluding hydrogens is 316 g/mol. The topological polar surface area (TPSA) is 63.4 Å². The maximum atomic E-state index is 10.4. The predicted molar refractivity (Wildman–Crippen MR) is 96.6 cm³/mol. The van der Waals surface area contributed by atoms with E-state index in [2.05, 4.69) is 15.0 Å². The molecule has 0 amide bonds. The SMILES string of the molecule is Cc1cccc(C)c1OCC(O)CN1CCCC(Cn2cncn2)C1. The summed E-state index contributed by atoms with van der Waals surface area (Å²) in [6, 6.07) is 6.10. The average molecular weight is 344 g/mol. The first kappa shape index (κ1) is 17.9. The third-order valence-electron chi connectivity index (χ3n) is 4.81. The molecule has 2 unspecified atom stereocenters. The van der Waals surface area contributed by atoms with Gasteiger partial charge in [-0.25, -0.2) is 4.98 Å². The van der Waals surface area contributed by atoms with Crippen LogP contribution in [0.25, 0.3) is 0 Å². The van der Waals surface area contributed by atoms with Crippen LogP contribution >= 0.6 is 0 Å². The Kier molecular flexibility index (Phi) is 6.04. The van der Waals surface area contributed by atoms with Crippen molar-refractivity contribution in [1.82, 2.24) is 19.7 Å². The molecule has 1 N–H and O–H groups in total. The Balaban J connectivity index is 1.46. The summed E-state index contributed by atoms with van der Waals surface area (Å²) in [5.74, 6) is 1.45. The fourth-order valence-corrected chi connectivity index (χ4v) is 3.61. The molecule has 1 aromatic heterocycles. The van der Waals surface area contributed by atoms with E-state index in [0.29, 0.717) is 19.1 Å². The van der Waals surface area contributed by atoms with E-state index >= 15 is 0 Å². The number of aliphatic hydroxyl groups excluding tert-OH is 1. The fraction of sp³-hybridized carbons (Fsp3) is 0.579. The molecule has 6 heteroatoms. The monoisotopic (exact) mass is 344 g/mol. The second kappa shape index (κ2) is 8.45. The van der Waals surface area contributed by atoms with Gasteiger partial charge in [0.2, 0.25) is 0 Å². The first-order valence-electron chi connectivity index (χ1n) is 9.03. The highest BCUT2D eigenvalue weighted by atomic mass is 16.5. The van der Waals surface area contributed by atoms with E-state index < -0.39 is 6.10 Å². The summed E-state index contributed by atoms with van der Waals surface area (Å²) in [6.07, 6.45) is 5.22. The average Bonchev–Trinajstić information content (AvgIpc) is 3.07. The van der Waals surface area contributed by atoms with Crippen molar-refractivity contribution in [1.29, 1.82) is 0 Å². The lowest BCUT2D eigenvalue weighted by atomic mass is 9.98. The van der Waals surface area contributed by atoms with Crippen LogP contribution in [-0.4, -0.2) is 57.1 Å². The zero-order valence-corrected chi connectivity index (χ0v) is 15.1. The number of aliphatic hydroxyl groups is 1. The van der Waals surface area contributed by atoms with Crippen molar-refractivity contribution in [3.8, 4) is 5.75 Å². The number of likely N-dealkylation sites (tertiary alicyclic amines) is 1. The lowest BCUT2D eigenvalue weighted by Gasteiger charge is -2.33. The van der Waals surface area contributed by atoms with E-state index in [1.807, 2.05) is 36.7 Å². The van der Waals surface area contributed by atoms with Crippen LogP contribution in [0.15, 0.2) is 30.9 Å². The van der Waals surface area contributed by atoms with Gasteiger partial charge in [0.15, 0.2) is 0 Å². The Bertz CT molecular complexity index is 639. The molecule has 25 heavy (non-hydrogen) atoms. The van der Waals surface area contributed by atoms with Gasteiger partial charge in [-0.15, -0.1) is 0 Å². The van der Waals surface area contributed by atoms with E-state index in [-0.39, 0.29) is 0 Å². The van der Waals surface area contributed by atoms with Gasteiger partial charge in [-0.1, -0.05) is 18.2 Å². The number of hydrogen-bond acceptors (Lipinski definition) is 5. The van der Waals surface area contributed by atoms with E-state index in [1.165, 1.54) is 6.42 Å². The molecule has 136 valence electrons. The van der Waals surface area contributed by atoms with Crippen LogP contribution in [0.5, 0.6) is 5.75 Å². The Morgan fingerprint density at radius 2 is 2.12 bits per heavy atom. The molecule has 0 aliphatic carbocycles. The van der Waals surface area contributed by atoms with E-state index in [0.717, 1.165) is 42.9 Å². The quantitative estimate of drug-likeness (QED) is 0.833. The summed E-state index contributed by atoms with van der Waals surface area (Å²) in [4.78, 5) is 6.34. The van der Waals surface area contributed by atoms with Crippen LogP contribution in [0.3, 0.4) is 0 Å². The minimum atomic E-state index is -0.482. The molecule has 2 heterocycles. The first-order chi connectivity index (χ1) is 12.1. The van der Waals surface area contributed by atoms with Gasteiger partial charge in [0, 0.05) is 19.6 Å². The molecule has 1 aromatic carbocycles. The Morgan fingerprint density at radius 3 is 2.84 bits per heavy atom. The molecule has 0 spiro atoms. The summed E-state index contributed by atoms with van der Waals surface area (Å²) in [5, 5.41) is 14.6. The van der Waals surface area contributed by atoms with Crippen molar-refractivity contribution in [2.24, 2.45) is 5.92 Å². The zero-order chi connectivity index (χ0) is 17.6. The molecule has 1 aliphatic heterocycles. The minimum Gasteiger partial charge on any atom is -0.490 e. The Morgan fingerprint density at radius 1 is 1.32 bits per heavy atom. The number of para-hydroxylation sites is 1. The number of rotatable bonds is 7. The molecule has 0 radical (unpaired) electrons. The van der Waals surface area contributed by atoms with E-state index in [4.69, 9.17) is 4.74 Å². The van der Waals surface area contributed by atoms with Crippen molar-refractivity contribution in [2.45, 2.75) is 39.3 Å². The lowest BCUT2D eigenvalue weighted by molar-refractivity contribution is 0.0491. The molecule has 2 atom stereocenters. The van der Waals surface area contributed by atoms with Gasteiger partial charge < -0.3 is 14.7 Å². The number of piperidine rings is 1. The van der Waals surface area contributed by atoms with Gasteiger partial charge in [-0.05, 0) is 50.3 Å². The molecule has 2 aromatic rings. The van der Waals surface area contributed by atoms with Crippen LogP contribution in [-0.2, 0) is 6.54 Å². The number of nitrogens with zero attached hydrogens (tertiary/aromatic N) is 4. The van der Waals surface area contributed by atoms with E-state index in [9.17, 15) is 5.11 Å². The molecule has 3 rings (SSSR count). The number of aromatic nitrogens is 3. The third-order valence-corrected chi connectivity index (χ3v) is 4.81. The summed E-state index contributed by atoms with van der Waals surface area (Å²) in [5.41, 5.74) is 2.22.